The van der Waals surface area contributed by atoms with Crippen LogP contribution in [0.25, 0.3) is 6.08 Å². The summed E-state index contributed by atoms with van der Waals surface area (Å²) in [5.74, 6) is 2.95. The van der Waals surface area contributed by atoms with E-state index in [1.54, 1.807) is 14.2 Å². The van der Waals surface area contributed by atoms with E-state index in [1.165, 1.54) is 5.56 Å². The fourth-order valence-corrected chi connectivity index (χ4v) is 3.27. The maximum Gasteiger partial charge on any atom is 0.231 e. The molecule has 2 heterocycles. The van der Waals surface area contributed by atoms with Crippen molar-refractivity contribution in [3.63, 3.8) is 0 Å². The van der Waals surface area contributed by atoms with Crippen LogP contribution in [0.3, 0.4) is 0 Å². The zero-order chi connectivity index (χ0) is 18.8. The van der Waals surface area contributed by atoms with Gasteiger partial charge in [-0.2, -0.15) is 5.10 Å². The molecule has 0 radical (unpaired) electrons. The third-order valence-corrected chi connectivity index (χ3v) is 4.65. The Bertz CT molecular complexity index is 921. The lowest BCUT2D eigenvalue weighted by Gasteiger charge is -2.10. The van der Waals surface area contributed by atoms with Crippen LogP contribution in [0.4, 0.5) is 0 Å². The highest BCUT2D eigenvalue weighted by molar-refractivity contribution is 6.12. The Balaban J connectivity index is 1.69. The van der Waals surface area contributed by atoms with Gasteiger partial charge in [0.1, 0.15) is 0 Å². The average molecular weight is 366 g/mol. The van der Waals surface area contributed by atoms with E-state index in [0.29, 0.717) is 11.5 Å². The third kappa shape index (κ3) is 3.43. The van der Waals surface area contributed by atoms with Crippen LogP contribution < -0.4 is 24.4 Å². The van der Waals surface area contributed by atoms with Crippen LogP contribution in [0.15, 0.2) is 41.5 Å². The van der Waals surface area contributed by atoms with Gasteiger partial charge < -0.3 is 24.4 Å². The van der Waals surface area contributed by atoms with Gasteiger partial charge in [0.25, 0.3) is 0 Å². The van der Waals surface area contributed by atoms with Crippen molar-refractivity contribution in [2.45, 2.75) is 19.4 Å². The quantitative estimate of drug-likeness (QED) is 0.899. The van der Waals surface area contributed by atoms with Gasteiger partial charge in [0.15, 0.2) is 23.0 Å². The summed E-state index contributed by atoms with van der Waals surface area (Å²) in [6.07, 6.45) is 4.86. The summed E-state index contributed by atoms with van der Waals surface area (Å²) in [4.78, 5) is 0. The molecule has 27 heavy (non-hydrogen) atoms. The summed E-state index contributed by atoms with van der Waals surface area (Å²) in [5, 5.41) is 4.59. The van der Waals surface area contributed by atoms with Crippen LogP contribution >= 0.6 is 0 Å². The minimum atomic E-state index is 0.233. The topological polar surface area (TPSA) is 61.3 Å². The van der Waals surface area contributed by atoms with Crippen molar-refractivity contribution < 1.29 is 18.9 Å². The summed E-state index contributed by atoms with van der Waals surface area (Å²) >= 11 is 0. The number of ether oxygens (including phenoxy) is 4. The molecule has 0 spiro atoms. The maximum absolute atomic E-state index is 5.55. The lowest BCUT2D eigenvalue weighted by Crippen LogP contribution is -2.21. The molecule has 0 saturated heterocycles. The van der Waals surface area contributed by atoms with Crippen molar-refractivity contribution in [3.05, 3.63) is 53.1 Å². The SMILES string of the molecule is COc1ccc(C=CC2=NNC(C)Cc3cc4c(cc32)OCO4)cc1OC. The molecular weight excluding hydrogens is 344 g/mol. The lowest BCUT2D eigenvalue weighted by atomic mass is 9.97. The number of hydrazone groups is 1. The molecule has 140 valence electrons. The first-order valence-electron chi connectivity index (χ1n) is 8.84. The molecule has 4 rings (SSSR count). The van der Waals surface area contributed by atoms with E-state index in [9.17, 15) is 0 Å². The van der Waals surface area contributed by atoms with E-state index in [1.807, 2.05) is 36.4 Å². The Morgan fingerprint density at radius 2 is 1.81 bits per heavy atom. The van der Waals surface area contributed by atoms with Crippen LogP contribution in [0.2, 0.25) is 0 Å². The summed E-state index contributed by atoms with van der Waals surface area (Å²) in [5.41, 5.74) is 7.29. The predicted octanol–water partition coefficient (Wildman–Crippen LogP) is 3.38. The summed E-state index contributed by atoms with van der Waals surface area (Å²) in [6, 6.07) is 10.1. The predicted molar refractivity (Wildman–Crippen MR) is 104 cm³/mol. The minimum absolute atomic E-state index is 0.233. The number of fused-ring (bicyclic) bond motifs is 2. The highest BCUT2D eigenvalue weighted by atomic mass is 16.7. The molecule has 0 amide bonds. The fraction of sp³-hybridized carbons (Fsp3) is 0.286. The van der Waals surface area contributed by atoms with Gasteiger partial charge in [-0.05, 0) is 54.8 Å². The molecule has 0 fully saturated rings. The molecule has 2 aliphatic rings. The second-order valence-electron chi connectivity index (χ2n) is 6.54. The van der Waals surface area contributed by atoms with Gasteiger partial charge in [0.2, 0.25) is 6.79 Å². The number of hydrogen-bond acceptors (Lipinski definition) is 6. The monoisotopic (exact) mass is 366 g/mol. The molecule has 0 aromatic heterocycles. The van der Waals surface area contributed by atoms with Crippen molar-refractivity contribution in [1.82, 2.24) is 5.43 Å². The number of methoxy groups -OCH3 is 2. The summed E-state index contributed by atoms with van der Waals surface area (Å²) < 4.78 is 21.7. The number of hydrogen-bond donors (Lipinski definition) is 1. The number of benzene rings is 2. The largest absolute Gasteiger partial charge is 0.493 e. The van der Waals surface area contributed by atoms with E-state index in [-0.39, 0.29) is 12.8 Å². The van der Waals surface area contributed by atoms with E-state index in [2.05, 4.69) is 23.5 Å². The van der Waals surface area contributed by atoms with E-state index in [0.717, 1.165) is 34.8 Å². The standard InChI is InChI=1S/C21H22N2O4/c1-13-8-15-10-20-21(27-12-26-20)11-16(15)17(23-22-13)6-4-14-5-7-18(24-2)19(9-14)25-3/h4-7,9-11,13,22H,8,12H2,1-3H3. The molecule has 2 aromatic carbocycles. The van der Waals surface area contributed by atoms with Crippen molar-refractivity contribution in [3.8, 4) is 23.0 Å². The molecule has 6 heteroatoms. The zero-order valence-corrected chi connectivity index (χ0v) is 15.6. The second kappa shape index (κ2) is 7.23. The molecule has 1 atom stereocenters. The number of nitrogens with zero attached hydrogens (tertiary/aromatic N) is 1. The van der Waals surface area contributed by atoms with E-state index < -0.39 is 0 Å². The third-order valence-electron chi connectivity index (χ3n) is 4.65. The highest BCUT2D eigenvalue weighted by Crippen LogP contribution is 2.36. The van der Waals surface area contributed by atoms with Crippen molar-refractivity contribution in [2.24, 2.45) is 5.10 Å². The first-order chi connectivity index (χ1) is 13.2. The van der Waals surface area contributed by atoms with Gasteiger partial charge in [-0.3, -0.25) is 0 Å². The Hall–Kier alpha value is -3.15. The van der Waals surface area contributed by atoms with Crippen molar-refractivity contribution in [2.75, 3.05) is 21.0 Å². The van der Waals surface area contributed by atoms with Crippen LogP contribution in [0.5, 0.6) is 23.0 Å². The first kappa shape index (κ1) is 17.3. The number of nitrogens with one attached hydrogen (secondary N) is 1. The average Bonchev–Trinajstić information content (AvgIpc) is 3.08. The fourth-order valence-electron chi connectivity index (χ4n) is 3.27. The highest BCUT2D eigenvalue weighted by Gasteiger charge is 2.22. The number of rotatable bonds is 4. The van der Waals surface area contributed by atoms with Gasteiger partial charge in [-0.15, -0.1) is 0 Å². The zero-order valence-electron chi connectivity index (χ0n) is 15.6. The summed E-state index contributed by atoms with van der Waals surface area (Å²) in [7, 11) is 3.26. The Labute approximate surface area is 158 Å². The summed E-state index contributed by atoms with van der Waals surface area (Å²) in [6.45, 7) is 2.37. The molecule has 0 saturated carbocycles. The Morgan fingerprint density at radius 1 is 1.04 bits per heavy atom. The first-order valence-corrected chi connectivity index (χ1v) is 8.84. The van der Waals surface area contributed by atoms with E-state index in [4.69, 9.17) is 18.9 Å². The van der Waals surface area contributed by atoms with Gasteiger partial charge in [-0.1, -0.05) is 12.1 Å². The number of allylic oxidation sites excluding steroid dienone is 1. The minimum Gasteiger partial charge on any atom is -0.493 e. The maximum atomic E-state index is 5.55. The molecule has 0 bridgehead atoms. The Morgan fingerprint density at radius 3 is 2.59 bits per heavy atom. The smallest absolute Gasteiger partial charge is 0.231 e. The molecule has 1 N–H and O–H groups in total. The molecule has 2 aliphatic heterocycles. The molecule has 0 aliphatic carbocycles. The lowest BCUT2D eigenvalue weighted by molar-refractivity contribution is 0.174. The normalized spacial score (nSPS) is 17.7. The molecule has 2 aromatic rings. The molecule has 1 unspecified atom stereocenters. The van der Waals surface area contributed by atoms with Crippen LogP contribution in [0, 0.1) is 0 Å². The van der Waals surface area contributed by atoms with Crippen LogP contribution in [0.1, 0.15) is 23.6 Å². The Kier molecular flexibility index (Phi) is 4.62. The van der Waals surface area contributed by atoms with Crippen LogP contribution in [-0.2, 0) is 6.42 Å². The van der Waals surface area contributed by atoms with Crippen molar-refractivity contribution >= 4 is 11.8 Å². The van der Waals surface area contributed by atoms with Gasteiger partial charge in [0, 0.05) is 11.6 Å². The van der Waals surface area contributed by atoms with Gasteiger partial charge in [0.05, 0.1) is 19.9 Å². The second-order valence-corrected chi connectivity index (χ2v) is 6.54. The molecule has 6 nitrogen and oxygen atoms in total. The van der Waals surface area contributed by atoms with Crippen LogP contribution in [-0.4, -0.2) is 32.8 Å². The van der Waals surface area contributed by atoms with Gasteiger partial charge in [-0.25, -0.2) is 0 Å². The van der Waals surface area contributed by atoms with E-state index >= 15 is 0 Å². The van der Waals surface area contributed by atoms with Gasteiger partial charge >= 0.3 is 0 Å². The van der Waals surface area contributed by atoms with Crippen molar-refractivity contribution in [1.29, 1.82) is 0 Å². The molecular formula is C21H22N2O4.